The van der Waals surface area contributed by atoms with Crippen molar-refractivity contribution in [1.82, 2.24) is 0 Å². The van der Waals surface area contributed by atoms with Crippen molar-refractivity contribution in [1.29, 1.82) is 0 Å². The van der Waals surface area contributed by atoms with E-state index in [4.69, 9.17) is 0 Å². The molecule has 7 heteroatoms. The Bertz CT molecular complexity index is 1120. The van der Waals surface area contributed by atoms with Crippen LogP contribution in [0.5, 0.6) is 0 Å². The third kappa shape index (κ3) is 4.07. The summed E-state index contributed by atoms with van der Waals surface area (Å²) in [4.78, 5) is 26.4. The zero-order chi connectivity index (χ0) is 21.3. The normalized spacial score (nSPS) is 16.0. The quantitative estimate of drug-likeness (QED) is 0.618. The van der Waals surface area contributed by atoms with E-state index in [1.807, 2.05) is 13.0 Å². The van der Waals surface area contributed by atoms with Crippen LogP contribution in [0.15, 0.2) is 66.7 Å². The van der Waals surface area contributed by atoms with Crippen LogP contribution in [0.25, 0.3) is 0 Å². The lowest BCUT2D eigenvalue weighted by atomic mass is 10.1. The minimum absolute atomic E-state index is 0.171. The lowest BCUT2D eigenvalue weighted by molar-refractivity contribution is -0.115. The first kappa shape index (κ1) is 20.1. The maximum atomic E-state index is 14.5. The first-order valence-corrected chi connectivity index (χ1v) is 10.3. The first-order valence-electron chi connectivity index (χ1n) is 9.29. The van der Waals surface area contributed by atoms with Crippen LogP contribution < -0.4 is 10.2 Å². The molecule has 0 bridgehead atoms. The predicted molar refractivity (Wildman–Crippen MR) is 115 cm³/mol. The van der Waals surface area contributed by atoms with Crippen LogP contribution in [-0.4, -0.2) is 17.6 Å². The molecule has 0 saturated carbocycles. The fraction of sp³-hybridized carbons (Fsp3) is 0.130. The van der Waals surface area contributed by atoms with Crippen LogP contribution in [0.3, 0.4) is 0 Å². The standard InChI is InChI=1S/C23H18F2N2O2S/c1-14-5-10-19(25)20(11-14)27-21(28)13-30-23(27)16-3-2-4-18(12-16)26-22(29)15-6-8-17(24)9-7-15/h2-12,23H,13H2,1H3,(H,26,29)/t23-/m1/s1. The Labute approximate surface area is 176 Å². The maximum Gasteiger partial charge on any atom is 0.255 e. The van der Waals surface area contributed by atoms with Gasteiger partial charge in [0.2, 0.25) is 5.91 Å². The highest BCUT2D eigenvalue weighted by molar-refractivity contribution is 8.00. The molecule has 0 aromatic heterocycles. The summed E-state index contributed by atoms with van der Waals surface area (Å²) in [5, 5.41) is 2.37. The maximum absolute atomic E-state index is 14.5. The molecule has 2 amide bonds. The number of hydrogen-bond acceptors (Lipinski definition) is 3. The third-order valence-corrected chi connectivity index (χ3v) is 5.98. The largest absolute Gasteiger partial charge is 0.322 e. The number of anilines is 2. The van der Waals surface area contributed by atoms with Crippen molar-refractivity contribution in [3.8, 4) is 0 Å². The van der Waals surface area contributed by atoms with E-state index >= 15 is 0 Å². The van der Waals surface area contributed by atoms with Gasteiger partial charge in [-0.15, -0.1) is 11.8 Å². The topological polar surface area (TPSA) is 49.4 Å². The van der Waals surface area contributed by atoms with Gasteiger partial charge in [-0.1, -0.05) is 18.2 Å². The fourth-order valence-electron chi connectivity index (χ4n) is 3.31. The molecule has 1 aliphatic rings. The van der Waals surface area contributed by atoms with Crippen LogP contribution in [0, 0.1) is 18.6 Å². The van der Waals surface area contributed by atoms with Crippen molar-refractivity contribution >= 4 is 35.0 Å². The second-order valence-corrected chi connectivity index (χ2v) is 8.04. The molecule has 3 aromatic rings. The number of rotatable bonds is 4. The molecule has 1 saturated heterocycles. The second kappa shape index (κ2) is 8.28. The van der Waals surface area contributed by atoms with E-state index in [1.54, 1.807) is 30.3 Å². The molecular formula is C23H18F2N2O2S. The molecule has 1 fully saturated rings. The number of carbonyl (C=O) groups is 2. The van der Waals surface area contributed by atoms with Gasteiger partial charge in [-0.3, -0.25) is 14.5 Å². The number of halogens is 2. The number of benzene rings is 3. The number of nitrogens with one attached hydrogen (secondary N) is 1. The number of nitrogens with zero attached hydrogens (tertiary/aromatic N) is 1. The lowest BCUT2D eigenvalue weighted by Crippen LogP contribution is -2.28. The predicted octanol–water partition coefficient (Wildman–Crippen LogP) is 5.30. The summed E-state index contributed by atoms with van der Waals surface area (Å²) in [5.74, 6) is -1.18. The molecule has 1 atom stereocenters. The van der Waals surface area contributed by atoms with E-state index in [-0.39, 0.29) is 23.3 Å². The Morgan fingerprint density at radius 3 is 2.60 bits per heavy atom. The summed E-state index contributed by atoms with van der Waals surface area (Å²) in [6, 6.07) is 17.0. The summed E-state index contributed by atoms with van der Waals surface area (Å²) in [5.41, 5.74) is 2.73. The van der Waals surface area contributed by atoms with Crippen molar-refractivity contribution < 1.29 is 18.4 Å². The number of thioether (sulfide) groups is 1. The van der Waals surface area contributed by atoms with Crippen molar-refractivity contribution in [2.24, 2.45) is 0 Å². The third-order valence-electron chi connectivity index (χ3n) is 4.77. The summed E-state index contributed by atoms with van der Waals surface area (Å²) < 4.78 is 27.5. The van der Waals surface area contributed by atoms with Gasteiger partial charge in [0.1, 0.15) is 17.0 Å². The Hall–Kier alpha value is -3.19. The lowest BCUT2D eigenvalue weighted by Gasteiger charge is -2.25. The Morgan fingerprint density at radius 1 is 1.07 bits per heavy atom. The Kier molecular flexibility index (Phi) is 5.55. The molecule has 0 radical (unpaired) electrons. The molecule has 0 aliphatic carbocycles. The van der Waals surface area contributed by atoms with Gasteiger partial charge in [0.15, 0.2) is 0 Å². The van der Waals surface area contributed by atoms with Gasteiger partial charge < -0.3 is 5.32 Å². The molecule has 1 N–H and O–H groups in total. The molecule has 4 nitrogen and oxygen atoms in total. The second-order valence-electron chi connectivity index (χ2n) is 6.97. The highest BCUT2D eigenvalue weighted by Crippen LogP contribution is 2.43. The molecule has 152 valence electrons. The molecule has 3 aromatic carbocycles. The Morgan fingerprint density at radius 2 is 1.83 bits per heavy atom. The van der Waals surface area contributed by atoms with E-state index in [2.05, 4.69) is 5.32 Å². The van der Waals surface area contributed by atoms with Crippen LogP contribution in [-0.2, 0) is 4.79 Å². The molecule has 0 spiro atoms. The van der Waals surface area contributed by atoms with Gasteiger partial charge in [0, 0.05) is 11.3 Å². The van der Waals surface area contributed by atoms with E-state index < -0.39 is 17.0 Å². The van der Waals surface area contributed by atoms with E-state index in [0.717, 1.165) is 11.1 Å². The van der Waals surface area contributed by atoms with Gasteiger partial charge in [0.25, 0.3) is 5.91 Å². The molecule has 1 aliphatic heterocycles. The van der Waals surface area contributed by atoms with Crippen molar-refractivity contribution in [2.75, 3.05) is 16.0 Å². The molecule has 30 heavy (non-hydrogen) atoms. The summed E-state index contributed by atoms with van der Waals surface area (Å²) in [7, 11) is 0. The smallest absolute Gasteiger partial charge is 0.255 e. The van der Waals surface area contributed by atoms with Crippen molar-refractivity contribution in [2.45, 2.75) is 12.3 Å². The number of hydrogen-bond donors (Lipinski definition) is 1. The Balaban J connectivity index is 1.61. The minimum atomic E-state index is -0.456. The SMILES string of the molecule is Cc1ccc(F)c(N2C(=O)CS[C@@H]2c2cccc(NC(=O)c3ccc(F)cc3)c2)c1. The molecular weight excluding hydrogens is 406 g/mol. The van der Waals surface area contributed by atoms with Crippen LogP contribution in [0.1, 0.15) is 26.9 Å². The van der Waals surface area contributed by atoms with E-state index in [1.165, 1.54) is 47.0 Å². The highest BCUT2D eigenvalue weighted by atomic mass is 32.2. The van der Waals surface area contributed by atoms with Gasteiger partial charge in [0.05, 0.1) is 11.4 Å². The van der Waals surface area contributed by atoms with E-state index in [9.17, 15) is 18.4 Å². The molecule has 1 heterocycles. The number of carbonyl (C=O) groups excluding carboxylic acids is 2. The van der Waals surface area contributed by atoms with Crippen LogP contribution in [0.4, 0.5) is 20.2 Å². The number of aryl methyl sites for hydroxylation is 1. The monoisotopic (exact) mass is 424 g/mol. The van der Waals surface area contributed by atoms with Gasteiger partial charge in [-0.05, 0) is 66.6 Å². The van der Waals surface area contributed by atoms with Crippen LogP contribution in [0.2, 0.25) is 0 Å². The van der Waals surface area contributed by atoms with Gasteiger partial charge in [-0.2, -0.15) is 0 Å². The average molecular weight is 424 g/mol. The van der Waals surface area contributed by atoms with Crippen molar-refractivity contribution in [3.63, 3.8) is 0 Å². The van der Waals surface area contributed by atoms with Crippen molar-refractivity contribution in [3.05, 3.63) is 95.1 Å². The summed E-state index contributed by atoms with van der Waals surface area (Å²) in [6.07, 6.45) is 0. The summed E-state index contributed by atoms with van der Waals surface area (Å²) in [6.45, 7) is 1.84. The molecule has 4 rings (SSSR count). The zero-order valence-electron chi connectivity index (χ0n) is 16.1. The molecule has 0 unspecified atom stereocenters. The van der Waals surface area contributed by atoms with Gasteiger partial charge in [-0.25, -0.2) is 8.78 Å². The summed E-state index contributed by atoms with van der Waals surface area (Å²) >= 11 is 1.40. The average Bonchev–Trinajstić information content (AvgIpc) is 3.12. The zero-order valence-corrected chi connectivity index (χ0v) is 16.9. The number of amides is 2. The fourth-order valence-corrected chi connectivity index (χ4v) is 4.47. The highest BCUT2D eigenvalue weighted by Gasteiger charge is 2.35. The van der Waals surface area contributed by atoms with Crippen LogP contribution >= 0.6 is 11.8 Å². The van der Waals surface area contributed by atoms with Gasteiger partial charge >= 0.3 is 0 Å². The first-order chi connectivity index (χ1) is 14.4. The van der Waals surface area contributed by atoms with E-state index in [0.29, 0.717) is 11.3 Å². The minimum Gasteiger partial charge on any atom is -0.322 e.